The van der Waals surface area contributed by atoms with Crippen LogP contribution in [0.2, 0.25) is 0 Å². The summed E-state index contributed by atoms with van der Waals surface area (Å²) in [4.78, 5) is 15.3. The molecule has 1 atom stereocenters. The first kappa shape index (κ1) is 19.0. The average Bonchev–Trinajstić information content (AvgIpc) is 2.65. The van der Waals surface area contributed by atoms with E-state index < -0.39 is 5.41 Å². The molecule has 0 saturated heterocycles. The number of hydrogen-bond acceptors (Lipinski definition) is 2. The molecule has 3 nitrogen and oxygen atoms in total. The van der Waals surface area contributed by atoms with Crippen molar-refractivity contribution in [2.75, 3.05) is 23.9 Å². The molecule has 0 N–H and O–H groups in total. The maximum absolute atomic E-state index is 13.4. The Kier molecular flexibility index (Phi) is 5.71. The molecule has 26 heavy (non-hydrogen) atoms. The van der Waals surface area contributed by atoms with Gasteiger partial charge in [-0.1, -0.05) is 60.1 Å². The molecule has 1 aliphatic rings. The van der Waals surface area contributed by atoms with E-state index in [0.29, 0.717) is 6.61 Å². The molecule has 0 bridgehead atoms. The fourth-order valence-corrected chi connectivity index (χ4v) is 4.10. The minimum Gasteiger partial charge on any atom is -0.494 e. The highest BCUT2D eigenvalue weighted by atomic mass is 79.9. The largest absolute Gasteiger partial charge is 0.494 e. The van der Waals surface area contributed by atoms with Crippen molar-refractivity contribution < 1.29 is 9.53 Å². The molecule has 1 unspecified atom stereocenters. The third-order valence-corrected chi connectivity index (χ3v) is 5.97. The van der Waals surface area contributed by atoms with Crippen LogP contribution in [0.3, 0.4) is 0 Å². The van der Waals surface area contributed by atoms with Crippen LogP contribution < -0.4 is 9.64 Å². The Morgan fingerprint density at radius 3 is 2.50 bits per heavy atom. The van der Waals surface area contributed by atoms with Crippen molar-refractivity contribution in [3.8, 4) is 5.75 Å². The molecular weight excluding hydrogens is 390 g/mol. The maximum Gasteiger partial charge on any atom is 0.237 e. The quantitative estimate of drug-likeness (QED) is 0.492. The van der Waals surface area contributed by atoms with Crippen LogP contribution in [-0.4, -0.2) is 24.9 Å². The molecule has 0 spiro atoms. The van der Waals surface area contributed by atoms with Crippen LogP contribution in [0.5, 0.6) is 5.75 Å². The first-order valence-corrected chi connectivity index (χ1v) is 10.3. The number of rotatable bonds is 6. The summed E-state index contributed by atoms with van der Waals surface area (Å²) in [5.41, 5.74) is 2.76. The van der Waals surface area contributed by atoms with Crippen molar-refractivity contribution in [2.45, 2.75) is 32.1 Å². The van der Waals surface area contributed by atoms with Crippen LogP contribution in [0.1, 0.15) is 31.4 Å². The van der Waals surface area contributed by atoms with Crippen molar-refractivity contribution in [3.63, 3.8) is 0 Å². The van der Waals surface area contributed by atoms with Gasteiger partial charge in [0.25, 0.3) is 0 Å². The normalized spacial score (nSPS) is 19.6. The standard InChI is InChI=1S/C22H26BrNO2/c1-16(2)22(18-9-11-19(12-10-18)26-14-6-13-23)15-17-7-4-5-8-20(17)24(3)21(22)25/h4-5,7-12,16H,6,13-15H2,1-3H3. The lowest BCUT2D eigenvalue weighted by Crippen LogP contribution is -2.53. The minimum absolute atomic E-state index is 0.166. The monoisotopic (exact) mass is 415 g/mol. The molecule has 1 aliphatic heterocycles. The number of nitrogens with zero attached hydrogens (tertiary/aromatic N) is 1. The lowest BCUT2D eigenvalue weighted by molar-refractivity contribution is -0.126. The van der Waals surface area contributed by atoms with Gasteiger partial charge in [0.2, 0.25) is 5.91 Å². The van der Waals surface area contributed by atoms with Gasteiger partial charge in [-0.2, -0.15) is 0 Å². The fraction of sp³-hybridized carbons (Fsp3) is 0.409. The number of ether oxygens (including phenoxy) is 1. The summed E-state index contributed by atoms with van der Waals surface area (Å²) in [6, 6.07) is 16.3. The third-order valence-electron chi connectivity index (χ3n) is 5.41. The van der Waals surface area contributed by atoms with E-state index in [9.17, 15) is 4.79 Å². The zero-order valence-electron chi connectivity index (χ0n) is 15.7. The lowest BCUT2D eigenvalue weighted by atomic mass is 9.65. The van der Waals surface area contributed by atoms with E-state index in [1.54, 1.807) is 0 Å². The first-order chi connectivity index (χ1) is 12.5. The van der Waals surface area contributed by atoms with Gasteiger partial charge in [-0.05, 0) is 48.1 Å². The number of hydrogen-bond donors (Lipinski definition) is 0. The van der Waals surface area contributed by atoms with Crippen molar-refractivity contribution in [1.82, 2.24) is 0 Å². The molecule has 1 amide bonds. The molecule has 2 aromatic carbocycles. The summed E-state index contributed by atoms with van der Waals surface area (Å²) < 4.78 is 5.76. The second-order valence-corrected chi connectivity index (χ2v) is 8.00. The van der Waals surface area contributed by atoms with E-state index in [1.807, 2.05) is 42.3 Å². The molecule has 2 aromatic rings. The molecule has 4 heteroatoms. The summed E-state index contributed by atoms with van der Waals surface area (Å²) in [6.45, 7) is 4.97. The highest BCUT2D eigenvalue weighted by Crippen LogP contribution is 2.44. The molecule has 3 rings (SSSR count). The average molecular weight is 416 g/mol. The van der Waals surface area contributed by atoms with Gasteiger partial charge < -0.3 is 9.64 Å². The molecule has 0 aliphatic carbocycles. The Morgan fingerprint density at radius 2 is 1.85 bits per heavy atom. The third kappa shape index (κ3) is 3.27. The van der Waals surface area contributed by atoms with E-state index in [0.717, 1.165) is 35.2 Å². The zero-order valence-corrected chi connectivity index (χ0v) is 17.3. The van der Waals surface area contributed by atoms with Gasteiger partial charge in [0.15, 0.2) is 0 Å². The minimum atomic E-state index is -0.544. The predicted molar refractivity (Wildman–Crippen MR) is 110 cm³/mol. The van der Waals surface area contributed by atoms with Gasteiger partial charge in [0.05, 0.1) is 12.0 Å². The fourth-order valence-electron chi connectivity index (χ4n) is 3.88. The molecule has 0 radical (unpaired) electrons. The van der Waals surface area contributed by atoms with Crippen molar-refractivity contribution in [3.05, 3.63) is 59.7 Å². The van der Waals surface area contributed by atoms with E-state index in [2.05, 4.69) is 48.0 Å². The molecule has 1 heterocycles. The SMILES string of the molecule is CC(C)C1(c2ccc(OCCCBr)cc2)Cc2ccccc2N(C)C1=O. The second kappa shape index (κ2) is 7.83. The number of amides is 1. The van der Waals surface area contributed by atoms with E-state index in [4.69, 9.17) is 4.74 Å². The molecular formula is C22H26BrNO2. The van der Waals surface area contributed by atoms with Gasteiger partial charge in [-0.25, -0.2) is 0 Å². The number of halogens is 1. The summed E-state index contributed by atoms with van der Waals surface area (Å²) >= 11 is 3.41. The van der Waals surface area contributed by atoms with E-state index in [-0.39, 0.29) is 11.8 Å². The van der Waals surface area contributed by atoms with Crippen LogP contribution in [0.25, 0.3) is 0 Å². The van der Waals surface area contributed by atoms with Crippen molar-refractivity contribution in [1.29, 1.82) is 0 Å². The highest BCUT2D eigenvalue weighted by Gasteiger charge is 2.48. The molecule has 138 valence electrons. The van der Waals surface area contributed by atoms with Crippen molar-refractivity contribution in [2.24, 2.45) is 5.92 Å². The van der Waals surface area contributed by atoms with Crippen LogP contribution in [0, 0.1) is 5.92 Å². The zero-order chi connectivity index (χ0) is 18.7. The Balaban J connectivity index is 1.97. The van der Waals surface area contributed by atoms with Gasteiger partial charge in [0.1, 0.15) is 5.75 Å². The Bertz CT molecular complexity index is 772. The van der Waals surface area contributed by atoms with Gasteiger partial charge in [-0.3, -0.25) is 4.79 Å². The van der Waals surface area contributed by atoms with Crippen LogP contribution in [0.15, 0.2) is 48.5 Å². The topological polar surface area (TPSA) is 29.5 Å². The number of carbonyl (C=O) groups is 1. The molecule has 0 aromatic heterocycles. The summed E-state index contributed by atoms with van der Waals surface area (Å²) in [6.07, 6.45) is 1.70. The molecule has 0 fully saturated rings. The number of fused-ring (bicyclic) bond motifs is 1. The van der Waals surface area contributed by atoms with Gasteiger partial charge in [-0.15, -0.1) is 0 Å². The number of anilines is 1. The van der Waals surface area contributed by atoms with Crippen LogP contribution in [-0.2, 0) is 16.6 Å². The highest BCUT2D eigenvalue weighted by molar-refractivity contribution is 9.09. The summed E-state index contributed by atoms with van der Waals surface area (Å²) in [5.74, 6) is 1.20. The Labute approximate surface area is 164 Å². The van der Waals surface area contributed by atoms with Crippen LogP contribution >= 0.6 is 15.9 Å². The molecule has 0 saturated carbocycles. The summed E-state index contributed by atoms with van der Waals surface area (Å²) in [5, 5.41) is 0.932. The van der Waals surface area contributed by atoms with Gasteiger partial charge in [0, 0.05) is 18.1 Å². The second-order valence-electron chi connectivity index (χ2n) is 7.21. The van der Waals surface area contributed by atoms with Gasteiger partial charge >= 0.3 is 0 Å². The van der Waals surface area contributed by atoms with E-state index in [1.165, 1.54) is 5.56 Å². The predicted octanol–water partition coefficient (Wildman–Crippen LogP) is 4.96. The Morgan fingerprint density at radius 1 is 1.15 bits per heavy atom. The van der Waals surface area contributed by atoms with E-state index >= 15 is 0 Å². The van der Waals surface area contributed by atoms with Crippen LogP contribution in [0.4, 0.5) is 5.69 Å². The first-order valence-electron chi connectivity index (χ1n) is 9.16. The number of para-hydroxylation sites is 1. The smallest absolute Gasteiger partial charge is 0.237 e. The number of carbonyl (C=O) groups excluding carboxylic acids is 1. The lowest BCUT2D eigenvalue weighted by Gasteiger charge is -2.44. The Hall–Kier alpha value is -1.81. The number of alkyl halides is 1. The van der Waals surface area contributed by atoms with Crippen molar-refractivity contribution >= 4 is 27.5 Å². The maximum atomic E-state index is 13.4. The number of benzene rings is 2. The summed E-state index contributed by atoms with van der Waals surface area (Å²) in [7, 11) is 1.88. The number of likely N-dealkylation sites (N-methyl/N-ethyl adjacent to an activating group) is 1.